The van der Waals surface area contributed by atoms with Crippen LogP contribution in [0.25, 0.3) is 22.3 Å². The molecular formula is C58H66N6O4. The maximum absolute atomic E-state index is 13.5. The fourth-order valence-corrected chi connectivity index (χ4v) is 11.0. The van der Waals surface area contributed by atoms with Gasteiger partial charge in [0.05, 0.1) is 11.1 Å². The number of carbonyl (C=O) groups is 2. The van der Waals surface area contributed by atoms with Crippen LogP contribution in [0, 0.1) is 0 Å². The topological polar surface area (TPSA) is 72.0 Å². The molecule has 0 saturated carbocycles. The zero-order valence-electron chi connectivity index (χ0n) is 42.0. The van der Waals surface area contributed by atoms with Crippen molar-refractivity contribution in [3.8, 4) is 22.3 Å². The molecule has 2 heterocycles. The summed E-state index contributed by atoms with van der Waals surface area (Å²) in [6, 6.07) is 38.4. The molecule has 6 aromatic rings. The summed E-state index contributed by atoms with van der Waals surface area (Å²) in [5.41, 5.74) is 16.7. The first kappa shape index (κ1) is 46.2. The number of nitrogens with zero attached hydrogens (tertiary/aromatic N) is 6. The summed E-state index contributed by atoms with van der Waals surface area (Å²) in [7, 11) is 12.1. The molecule has 2 aliphatic carbocycles. The molecule has 10 nitrogen and oxygen atoms in total. The first-order valence-corrected chi connectivity index (χ1v) is 24.3. The number of esters is 2. The van der Waals surface area contributed by atoms with E-state index in [0.29, 0.717) is 11.1 Å². The van der Waals surface area contributed by atoms with Gasteiger partial charge in [-0.3, -0.25) is 0 Å². The molecule has 6 aromatic carbocycles. The van der Waals surface area contributed by atoms with Crippen LogP contribution in [0.3, 0.4) is 0 Å². The van der Waals surface area contributed by atoms with Gasteiger partial charge in [-0.1, -0.05) is 36.4 Å². The van der Waals surface area contributed by atoms with Crippen molar-refractivity contribution in [3.05, 3.63) is 154 Å². The van der Waals surface area contributed by atoms with E-state index in [0.717, 1.165) is 118 Å². The third kappa shape index (κ3) is 6.97. The summed E-state index contributed by atoms with van der Waals surface area (Å²) in [5.74, 6) is -0.519. The Morgan fingerprint density at radius 1 is 0.324 bits per heavy atom. The van der Waals surface area contributed by atoms with Crippen molar-refractivity contribution in [3.63, 3.8) is 0 Å². The number of hydrogen-bond donors (Lipinski definition) is 0. The van der Waals surface area contributed by atoms with Crippen molar-refractivity contribution in [2.24, 2.45) is 0 Å². The van der Waals surface area contributed by atoms with Gasteiger partial charge < -0.3 is 38.9 Å². The van der Waals surface area contributed by atoms with Crippen LogP contribution >= 0.6 is 0 Å². The number of anilines is 6. The van der Waals surface area contributed by atoms with E-state index in [1.807, 2.05) is 65.4 Å². The molecule has 0 bridgehead atoms. The van der Waals surface area contributed by atoms with E-state index >= 15 is 0 Å². The average molecular weight is 911 g/mol. The van der Waals surface area contributed by atoms with Crippen LogP contribution < -0.4 is 29.4 Å². The lowest BCUT2D eigenvalue weighted by Crippen LogP contribution is -2.27. The standard InChI is InChI=1S/C32H39N3O2.C26H27N3O2/c1-7-33(8-2)22-13-16-28-25(19-22)26-20-23(34(9-3)10-4)14-17-29(26)32(28)30-18-15-24(35(11-5)12-6)21-27(30)31(36)37-32;1-27(2)16-7-10-22-19(13-16)20-14-17(28(3)4)8-11-23(20)26(22)24-12-9-18(29(5)6)15-21(24)25(30)31-26/h13-21H,7-12H2,1-6H3;7-15H,1-6H3. The second kappa shape index (κ2) is 17.6. The van der Waals surface area contributed by atoms with Crippen molar-refractivity contribution in [2.45, 2.75) is 52.7 Å². The largest absolute Gasteiger partial charge is 0.441 e. The highest BCUT2D eigenvalue weighted by molar-refractivity contribution is 6.02. The van der Waals surface area contributed by atoms with Crippen molar-refractivity contribution < 1.29 is 19.1 Å². The minimum Gasteiger partial charge on any atom is -0.441 e. The molecule has 2 aliphatic heterocycles. The summed E-state index contributed by atoms with van der Waals surface area (Å²) in [6.07, 6.45) is 0. The lowest BCUT2D eigenvalue weighted by atomic mass is 9.83. The molecule has 0 saturated heterocycles. The van der Waals surface area contributed by atoms with E-state index in [9.17, 15) is 9.59 Å². The van der Waals surface area contributed by atoms with Gasteiger partial charge in [0, 0.05) is 149 Å². The van der Waals surface area contributed by atoms with E-state index in [2.05, 4.69) is 157 Å². The third-order valence-electron chi connectivity index (χ3n) is 14.7. The zero-order valence-corrected chi connectivity index (χ0v) is 42.0. The first-order chi connectivity index (χ1) is 32.7. The van der Waals surface area contributed by atoms with Crippen LogP contribution in [0.5, 0.6) is 0 Å². The highest BCUT2D eigenvalue weighted by Crippen LogP contribution is 2.60. The van der Waals surface area contributed by atoms with Crippen molar-refractivity contribution >= 4 is 46.1 Å². The van der Waals surface area contributed by atoms with Crippen LogP contribution in [-0.4, -0.2) is 93.5 Å². The molecule has 0 radical (unpaired) electrons. The molecule has 0 amide bonds. The Balaban J connectivity index is 0.000000172. The van der Waals surface area contributed by atoms with Gasteiger partial charge in [-0.05, 0) is 137 Å². The Labute approximate surface area is 403 Å². The molecule has 10 heteroatoms. The first-order valence-electron chi connectivity index (χ1n) is 24.3. The number of carbonyl (C=O) groups excluding carboxylic acids is 2. The highest BCUT2D eigenvalue weighted by Gasteiger charge is 2.56. The minimum atomic E-state index is -0.914. The van der Waals surface area contributed by atoms with Crippen LogP contribution in [0.15, 0.2) is 109 Å². The second-order valence-corrected chi connectivity index (χ2v) is 18.7. The number of rotatable bonds is 12. The van der Waals surface area contributed by atoms with Crippen molar-refractivity contribution in [2.75, 3.05) is 111 Å². The van der Waals surface area contributed by atoms with Crippen LogP contribution in [0.4, 0.5) is 34.1 Å². The third-order valence-corrected chi connectivity index (χ3v) is 14.7. The van der Waals surface area contributed by atoms with Gasteiger partial charge in [-0.2, -0.15) is 0 Å². The lowest BCUT2D eigenvalue weighted by molar-refractivity contribution is 0.0255. The van der Waals surface area contributed by atoms with E-state index in [4.69, 9.17) is 9.47 Å². The number of ether oxygens (including phenoxy) is 2. The van der Waals surface area contributed by atoms with E-state index < -0.39 is 11.2 Å². The summed E-state index contributed by atoms with van der Waals surface area (Å²) >= 11 is 0. The number of fused-ring (bicyclic) bond motifs is 14. The molecule has 0 fully saturated rings. The quantitative estimate of drug-likeness (QED) is 0.111. The fourth-order valence-electron chi connectivity index (χ4n) is 11.0. The summed E-state index contributed by atoms with van der Waals surface area (Å²) < 4.78 is 12.7. The monoisotopic (exact) mass is 911 g/mol. The second-order valence-electron chi connectivity index (χ2n) is 18.7. The zero-order chi connectivity index (χ0) is 48.4. The highest BCUT2D eigenvalue weighted by atomic mass is 16.6. The molecule has 68 heavy (non-hydrogen) atoms. The molecular weight excluding hydrogens is 845 g/mol. The predicted octanol–water partition coefficient (Wildman–Crippen LogP) is 11.0. The Morgan fingerprint density at radius 3 is 0.779 bits per heavy atom. The van der Waals surface area contributed by atoms with Gasteiger partial charge >= 0.3 is 11.9 Å². The maximum atomic E-state index is 13.5. The molecule has 0 aromatic heterocycles. The molecule has 10 rings (SSSR count). The van der Waals surface area contributed by atoms with Gasteiger partial charge in [0.2, 0.25) is 0 Å². The normalized spacial score (nSPS) is 14.5. The molecule has 4 aliphatic rings. The molecule has 0 atom stereocenters. The van der Waals surface area contributed by atoms with Crippen LogP contribution in [-0.2, 0) is 20.7 Å². The van der Waals surface area contributed by atoms with Crippen LogP contribution in [0.2, 0.25) is 0 Å². The van der Waals surface area contributed by atoms with Gasteiger partial charge in [0.25, 0.3) is 0 Å². The molecule has 0 N–H and O–H groups in total. The minimum absolute atomic E-state index is 0.247. The van der Waals surface area contributed by atoms with E-state index in [1.165, 1.54) is 11.4 Å². The molecule has 2 spiro atoms. The summed E-state index contributed by atoms with van der Waals surface area (Å²) in [4.78, 5) is 39.8. The van der Waals surface area contributed by atoms with Crippen molar-refractivity contribution in [1.82, 2.24) is 0 Å². The van der Waals surface area contributed by atoms with Crippen molar-refractivity contribution in [1.29, 1.82) is 0 Å². The predicted molar refractivity (Wildman–Crippen MR) is 281 cm³/mol. The Morgan fingerprint density at radius 2 is 0.529 bits per heavy atom. The van der Waals surface area contributed by atoms with E-state index in [1.54, 1.807) is 0 Å². The van der Waals surface area contributed by atoms with Gasteiger partial charge in [-0.15, -0.1) is 0 Å². The van der Waals surface area contributed by atoms with Gasteiger partial charge in [0.15, 0.2) is 11.2 Å². The molecule has 352 valence electrons. The smallest absolute Gasteiger partial charge is 0.340 e. The van der Waals surface area contributed by atoms with Gasteiger partial charge in [0.1, 0.15) is 0 Å². The average Bonchev–Trinajstić information content (AvgIpc) is 4.01. The maximum Gasteiger partial charge on any atom is 0.340 e. The number of benzene rings is 6. The molecule has 0 unspecified atom stereocenters. The van der Waals surface area contributed by atoms with Crippen LogP contribution in [0.1, 0.15) is 95.6 Å². The van der Waals surface area contributed by atoms with Gasteiger partial charge in [-0.25, -0.2) is 9.59 Å². The van der Waals surface area contributed by atoms with E-state index in [-0.39, 0.29) is 11.9 Å². The summed E-state index contributed by atoms with van der Waals surface area (Å²) in [6.45, 7) is 18.6. The fraction of sp³-hybridized carbons (Fsp3) is 0.345. The summed E-state index contributed by atoms with van der Waals surface area (Å²) in [5, 5.41) is 0. The Kier molecular flexibility index (Phi) is 12.0. The Hall–Kier alpha value is -6.94. The Bertz CT molecular complexity index is 2820. The lowest BCUT2D eigenvalue weighted by Gasteiger charge is -2.28. The SMILES string of the molecule is CCN(CC)c1ccc2c(c1)C(=O)OC21c2ccc(N(CC)CC)cc2-c2cc(N(CC)CC)ccc21.CN(C)c1ccc2c(c1)C(=O)OC21c2ccc(N(C)C)cc2-c2cc(N(C)C)ccc21. The number of hydrogen-bond acceptors (Lipinski definition) is 10.